The van der Waals surface area contributed by atoms with Crippen LogP contribution in [0.1, 0.15) is 16.7 Å². The van der Waals surface area contributed by atoms with Crippen molar-refractivity contribution in [2.24, 2.45) is 7.05 Å². The standard InChI is InChI=1S/C16H17N5S/c1-11-4-5-12(2)13(8-11)10-22-16-20-19-15(21(16)3)14-9-17-6-7-18-14/h4-9H,10H2,1-3H3. The van der Waals surface area contributed by atoms with Crippen LogP contribution in [-0.2, 0) is 12.8 Å². The molecular formula is C16H17N5S. The van der Waals surface area contributed by atoms with Crippen LogP contribution < -0.4 is 0 Å². The summed E-state index contributed by atoms with van der Waals surface area (Å²) in [6, 6.07) is 6.52. The van der Waals surface area contributed by atoms with Gasteiger partial charge in [-0.05, 0) is 25.0 Å². The molecule has 0 aliphatic rings. The predicted octanol–water partition coefficient (Wildman–Crippen LogP) is 3.18. The Morgan fingerprint density at radius 2 is 2.00 bits per heavy atom. The van der Waals surface area contributed by atoms with Gasteiger partial charge in [-0.2, -0.15) is 0 Å². The topological polar surface area (TPSA) is 56.5 Å². The van der Waals surface area contributed by atoms with Crippen LogP contribution in [0.5, 0.6) is 0 Å². The van der Waals surface area contributed by atoms with Gasteiger partial charge in [0.1, 0.15) is 5.69 Å². The number of aromatic nitrogens is 5. The molecule has 1 aromatic carbocycles. The largest absolute Gasteiger partial charge is 0.304 e. The van der Waals surface area contributed by atoms with Gasteiger partial charge in [-0.1, -0.05) is 35.5 Å². The maximum absolute atomic E-state index is 4.27. The Morgan fingerprint density at radius 3 is 2.77 bits per heavy atom. The Balaban J connectivity index is 1.80. The summed E-state index contributed by atoms with van der Waals surface area (Å²) in [5.41, 5.74) is 4.64. The second kappa shape index (κ2) is 6.27. The zero-order chi connectivity index (χ0) is 15.5. The van der Waals surface area contributed by atoms with Crippen LogP contribution in [-0.4, -0.2) is 24.7 Å². The highest BCUT2D eigenvalue weighted by molar-refractivity contribution is 7.98. The van der Waals surface area contributed by atoms with E-state index >= 15 is 0 Å². The van der Waals surface area contributed by atoms with Gasteiger partial charge in [-0.15, -0.1) is 10.2 Å². The van der Waals surface area contributed by atoms with Crippen molar-refractivity contribution in [3.63, 3.8) is 0 Å². The molecule has 0 amide bonds. The lowest BCUT2D eigenvalue weighted by atomic mass is 10.1. The molecule has 0 saturated heterocycles. The van der Waals surface area contributed by atoms with E-state index in [1.165, 1.54) is 16.7 Å². The maximum Gasteiger partial charge on any atom is 0.191 e. The Morgan fingerprint density at radius 1 is 1.14 bits per heavy atom. The van der Waals surface area contributed by atoms with Gasteiger partial charge in [0.15, 0.2) is 11.0 Å². The van der Waals surface area contributed by atoms with Gasteiger partial charge in [0.05, 0.1) is 6.20 Å². The fraction of sp³-hybridized carbons (Fsp3) is 0.250. The van der Waals surface area contributed by atoms with E-state index in [2.05, 4.69) is 52.2 Å². The van der Waals surface area contributed by atoms with Crippen LogP contribution in [0.4, 0.5) is 0 Å². The molecule has 22 heavy (non-hydrogen) atoms. The average Bonchev–Trinajstić information content (AvgIpc) is 2.90. The van der Waals surface area contributed by atoms with E-state index in [0.29, 0.717) is 0 Å². The van der Waals surface area contributed by atoms with Gasteiger partial charge >= 0.3 is 0 Å². The lowest BCUT2D eigenvalue weighted by Gasteiger charge is -2.07. The quantitative estimate of drug-likeness (QED) is 0.693. The van der Waals surface area contributed by atoms with Crippen molar-refractivity contribution in [2.75, 3.05) is 0 Å². The summed E-state index contributed by atoms with van der Waals surface area (Å²) in [7, 11) is 1.95. The normalized spacial score (nSPS) is 10.9. The molecule has 0 aliphatic carbocycles. The predicted molar refractivity (Wildman–Crippen MR) is 87.5 cm³/mol. The van der Waals surface area contributed by atoms with Gasteiger partial charge in [-0.25, -0.2) is 4.98 Å². The summed E-state index contributed by atoms with van der Waals surface area (Å²) in [5, 5.41) is 9.37. The minimum absolute atomic E-state index is 0.732. The van der Waals surface area contributed by atoms with E-state index in [9.17, 15) is 0 Å². The molecular weight excluding hydrogens is 294 g/mol. The van der Waals surface area contributed by atoms with Crippen molar-refractivity contribution >= 4 is 11.8 Å². The Bertz CT molecular complexity index is 782. The van der Waals surface area contributed by atoms with Gasteiger partial charge < -0.3 is 4.57 Å². The van der Waals surface area contributed by atoms with Crippen LogP contribution in [0.2, 0.25) is 0 Å². The summed E-state index contributed by atoms with van der Waals surface area (Å²) in [6.45, 7) is 4.25. The summed E-state index contributed by atoms with van der Waals surface area (Å²) < 4.78 is 1.96. The molecule has 0 spiro atoms. The molecule has 0 N–H and O–H groups in total. The van der Waals surface area contributed by atoms with E-state index in [4.69, 9.17) is 0 Å². The number of aryl methyl sites for hydroxylation is 2. The number of hydrogen-bond donors (Lipinski definition) is 0. The molecule has 0 aliphatic heterocycles. The number of thioether (sulfide) groups is 1. The van der Waals surface area contributed by atoms with Crippen LogP contribution >= 0.6 is 11.8 Å². The van der Waals surface area contributed by atoms with E-state index in [1.807, 2.05) is 11.6 Å². The monoisotopic (exact) mass is 311 g/mol. The molecule has 2 aromatic heterocycles. The molecule has 0 atom stereocenters. The molecule has 0 bridgehead atoms. The zero-order valence-corrected chi connectivity index (χ0v) is 13.6. The van der Waals surface area contributed by atoms with Crippen molar-refractivity contribution in [1.29, 1.82) is 0 Å². The van der Waals surface area contributed by atoms with E-state index in [0.717, 1.165) is 22.4 Å². The molecule has 112 valence electrons. The minimum atomic E-state index is 0.732. The smallest absolute Gasteiger partial charge is 0.191 e. The van der Waals surface area contributed by atoms with Crippen LogP contribution in [0.25, 0.3) is 11.5 Å². The second-order valence-electron chi connectivity index (χ2n) is 5.17. The molecule has 0 saturated carbocycles. The van der Waals surface area contributed by atoms with E-state index in [-0.39, 0.29) is 0 Å². The Labute approximate surface area is 133 Å². The lowest BCUT2D eigenvalue weighted by molar-refractivity contribution is 0.791. The maximum atomic E-state index is 4.27. The lowest BCUT2D eigenvalue weighted by Crippen LogP contribution is -1.97. The Kier molecular flexibility index (Phi) is 4.20. The second-order valence-corrected chi connectivity index (χ2v) is 6.12. The molecule has 3 rings (SSSR count). The van der Waals surface area contributed by atoms with Crippen LogP contribution in [0.3, 0.4) is 0 Å². The van der Waals surface area contributed by atoms with Gasteiger partial charge in [0.2, 0.25) is 0 Å². The van der Waals surface area contributed by atoms with E-state index in [1.54, 1.807) is 30.4 Å². The first kappa shape index (κ1) is 14.7. The van der Waals surface area contributed by atoms with Crippen LogP contribution in [0, 0.1) is 13.8 Å². The minimum Gasteiger partial charge on any atom is -0.304 e. The van der Waals surface area contributed by atoms with Gasteiger partial charge in [0, 0.05) is 25.2 Å². The van der Waals surface area contributed by atoms with Crippen molar-refractivity contribution in [3.05, 3.63) is 53.5 Å². The molecule has 5 nitrogen and oxygen atoms in total. The van der Waals surface area contributed by atoms with Crippen molar-refractivity contribution < 1.29 is 0 Å². The number of benzene rings is 1. The van der Waals surface area contributed by atoms with Crippen molar-refractivity contribution in [3.8, 4) is 11.5 Å². The fourth-order valence-corrected chi connectivity index (χ4v) is 3.15. The van der Waals surface area contributed by atoms with Gasteiger partial charge in [0.25, 0.3) is 0 Å². The highest BCUT2D eigenvalue weighted by Gasteiger charge is 2.12. The summed E-state index contributed by atoms with van der Waals surface area (Å²) >= 11 is 1.68. The molecule has 6 heteroatoms. The number of rotatable bonds is 4. The third-order valence-electron chi connectivity index (χ3n) is 3.49. The third-order valence-corrected chi connectivity index (χ3v) is 4.56. The molecule has 3 aromatic rings. The van der Waals surface area contributed by atoms with Crippen molar-refractivity contribution in [2.45, 2.75) is 24.8 Å². The van der Waals surface area contributed by atoms with Crippen molar-refractivity contribution in [1.82, 2.24) is 24.7 Å². The summed E-state index contributed by atoms with van der Waals surface area (Å²) in [5.74, 6) is 1.61. The summed E-state index contributed by atoms with van der Waals surface area (Å²) in [4.78, 5) is 8.35. The number of nitrogens with zero attached hydrogens (tertiary/aromatic N) is 5. The summed E-state index contributed by atoms with van der Waals surface area (Å²) in [6.07, 6.45) is 5.01. The first-order valence-electron chi connectivity index (χ1n) is 7.00. The first-order chi connectivity index (χ1) is 10.6. The Hall–Kier alpha value is -2.21. The highest BCUT2D eigenvalue weighted by Crippen LogP contribution is 2.25. The van der Waals surface area contributed by atoms with Gasteiger partial charge in [-0.3, -0.25) is 4.98 Å². The highest BCUT2D eigenvalue weighted by atomic mass is 32.2. The SMILES string of the molecule is Cc1ccc(C)c(CSc2nnc(-c3cnccn3)n2C)c1. The zero-order valence-electron chi connectivity index (χ0n) is 12.8. The van der Waals surface area contributed by atoms with Crippen LogP contribution in [0.15, 0.2) is 41.9 Å². The van der Waals surface area contributed by atoms with E-state index < -0.39 is 0 Å². The third kappa shape index (κ3) is 3.01. The number of hydrogen-bond acceptors (Lipinski definition) is 5. The fourth-order valence-electron chi connectivity index (χ4n) is 2.18. The first-order valence-corrected chi connectivity index (χ1v) is 7.98. The molecule has 0 radical (unpaired) electrons. The molecule has 2 heterocycles. The average molecular weight is 311 g/mol. The molecule has 0 fully saturated rings. The molecule has 0 unspecified atom stereocenters.